The number of aliphatic imine (C=N–C) groups is 1. The first-order chi connectivity index (χ1) is 11.6. The summed E-state index contributed by atoms with van der Waals surface area (Å²) in [5.74, 6) is 0.942. The smallest absolute Gasteiger partial charge is 0.193 e. The van der Waals surface area contributed by atoms with E-state index in [9.17, 15) is 4.39 Å². The van der Waals surface area contributed by atoms with Gasteiger partial charge in [0.25, 0.3) is 0 Å². The van der Waals surface area contributed by atoms with Crippen LogP contribution in [0.15, 0.2) is 53.5 Å². The van der Waals surface area contributed by atoms with Gasteiger partial charge in [-0.05, 0) is 49.0 Å². The van der Waals surface area contributed by atoms with E-state index < -0.39 is 0 Å². The minimum absolute atomic E-state index is 0. The van der Waals surface area contributed by atoms with Gasteiger partial charge < -0.3 is 20.7 Å². The zero-order valence-corrected chi connectivity index (χ0v) is 16.7. The number of halogens is 2. The summed E-state index contributed by atoms with van der Waals surface area (Å²) in [5.41, 5.74) is 7.80. The van der Waals surface area contributed by atoms with Crippen LogP contribution in [0, 0.1) is 5.82 Å². The minimum atomic E-state index is -0.219. The number of hydrogen-bond donors (Lipinski definition) is 2. The van der Waals surface area contributed by atoms with E-state index in [2.05, 4.69) is 15.2 Å². The van der Waals surface area contributed by atoms with Gasteiger partial charge in [-0.2, -0.15) is 0 Å². The molecule has 136 valence electrons. The van der Waals surface area contributed by atoms with Crippen LogP contribution in [-0.2, 0) is 6.54 Å². The van der Waals surface area contributed by atoms with E-state index in [4.69, 9.17) is 10.5 Å². The first-order valence-electron chi connectivity index (χ1n) is 7.71. The summed E-state index contributed by atoms with van der Waals surface area (Å²) in [5, 5.41) is 3.03. The molecule has 0 bridgehead atoms. The molecule has 0 fully saturated rings. The van der Waals surface area contributed by atoms with Crippen molar-refractivity contribution in [2.24, 2.45) is 10.7 Å². The number of likely N-dealkylation sites (N-methyl/N-ethyl adjacent to an activating group) is 1. The average molecular weight is 458 g/mol. The molecule has 3 N–H and O–H groups in total. The Morgan fingerprint density at radius 2 is 1.80 bits per heavy atom. The third-order valence-corrected chi connectivity index (χ3v) is 3.49. The molecule has 0 radical (unpaired) electrons. The van der Waals surface area contributed by atoms with Gasteiger partial charge in [-0.15, -0.1) is 24.0 Å². The maximum Gasteiger partial charge on any atom is 0.193 e. The van der Waals surface area contributed by atoms with Gasteiger partial charge in [0.05, 0.1) is 13.7 Å². The largest absolute Gasteiger partial charge is 0.497 e. The number of guanidine groups is 1. The lowest BCUT2D eigenvalue weighted by atomic mass is 10.2. The van der Waals surface area contributed by atoms with Gasteiger partial charge in [-0.1, -0.05) is 12.1 Å². The van der Waals surface area contributed by atoms with E-state index >= 15 is 0 Å². The number of benzene rings is 2. The first-order valence-corrected chi connectivity index (χ1v) is 7.71. The van der Waals surface area contributed by atoms with Crippen molar-refractivity contribution >= 4 is 35.6 Å². The highest BCUT2D eigenvalue weighted by Crippen LogP contribution is 2.14. The number of nitrogens with one attached hydrogen (secondary N) is 1. The second kappa shape index (κ2) is 10.9. The molecule has 25 heavy (non-hydrogen) atoms. The maximum atomic E-state index is 12.9. The van der Waals surface area contributed by atoms with E-state index in [1.54, 1.807) is 19.2 Å². The summed E-state index contributed by atoms with van der Waals surface area (Å²) in [6, 6.07) is 14.0. The lowest BCUT2D eigenvalue weighted by Gasteiger charge is -2.15. The van der Waals surface area contributed by atoms with Crippen LogP contribution in [0.1, 0.15) is 5.56 Å². The van der Waals surface area contributed by atoms with Crippen molar-refractivity contribution < 1.29 is 9.13 Å². The second-order valence-electron chi connectivity index (χ2n) is 5.48. The van der Waals surface area contributed by atoms with Crippen molar-refractivity contribution in [2.75, 3.05) is 32.6 Å². The average Bonchev–Trinajstić information content (AvgIpc) is 2.57. The Morgan fingerprint density at radius 1 is 1.16 bits per heavy atom. The summed E-state index contributed by atoms with van der Waals surface area (Å²) in [6.07, 6.45) is 0. The van der Waals surface area contributed by atoms with Gasteiger partial charge in [0, 0.05) is 18.8 Å². The highest BCUT2D eigenvalue weighted by molar-refractivity contribution is 14.0. The van der Waals surface area contributed by atoms with E-state index in [0.29, 0.717) is 12.5 Å². The molecule has 5 nitrogen and oxygen atoms in total. The maximum absolute atomic E-state index is 12.9. The number of nitrogens with two attached hydrogens (primary N) is 1. The fourth-order valence-electron chi connectivity index (χ4n) is 2.18. The van der Waals surface area contributed by atoms with Crippen LogP contribution in [0.2, 0.25) is 0 Å². The molecular formula is C18H24FIN4O. The molecule has 0 amide bonds. The summed E-state index contributed by atoms with van der Waals surface area (Å²) < 4.78 is 18.0. The fraction of sp³-hybridized carbons (Fsp3) is 0.278. The predicted molar refractivity (Wildman–Crippen MR) is 111 cm³/mol. The molecule has 0 saturated heterocycles. The van der Waals surface area contributed by atoms with E-state index in [1.807, 2.05) is 31.3 Å². The lowest BCUT2D eigenvalue weighted by Crippen LogP contribution is -2.26. The van der Waals surface area contributed by atoms with Gasteiger partial charge in [0.15, 0.2) is 5.96 Å². The molecule has 0 aliphatic rings. The molecular weight excluding hydrogens is 434 g/mol. The standard InChI is InChI=1S/C18H23FN4O.HI/c1-23(13-14-3-5-15(19)6-4-14)12-11-21-18(20)22-16-7-9-17(24-2)10-8-16;/h3-10H,11-13H2,1-2H3,(H3,20,21,22);1H. The molecule has 0 aliphatic carbocycles. The highest BCUT2D eigenvalue weighted by atomic mass is 127. The van der Waals surface area contributed by atoms with Crippen LogP contribution in [0.4, 0.5) is 10.1 Å². The lowest BCUT2D eigenvalue weighted by molar-refractivity contribution is 0.336. The van der Waals surface area contributed by atoms with Gasteiger partial charge >= 0.3 is 0 Å². The summed E-state index contributed by atoms with van der Waals surface area (Å²) >= 11 is 0. The van der Waals surface area contributed by atoms with Crippen LogP contribution in [0.3, 0.4) is 0 Å². The molecule has 0 saturated carbocycles. The van der Waals surface area contributed by atoms with Gasteiger partial charge in [0.1, 0.15) is 11.6 Å². The van der Waals surface area contributed by atoms with Crippen molar-refractivity contribution in [2.45, 2.75) is 6.54 Å². The topological polar surface area (TPSA) is 62.9 Å². The van der Waals surface area contributed by atoms with Crippen molar-refractivity contribution in [1.82, 2.24) is 4.90 Å². The van der Waals surface area contributed by atoms with Crippen LogP contribution in [0.5, 0.6) is 5.75 Å². The zero-order chi connectivity index (χ0) is 17.4. The number of hydrogen-bond acceptors (Lipinski definition) is 3. The fourth-order valence-corrected chi connectivity index (χ4v) is 2.18. The molecule has 7 heteroatoms. The molecule has 0 spiro atoms. The number of rotatable bonds is 7. The number of nitrogens with zero attached hydrogens (tertiary/aromatic N) is 2. The molecule has 0 atom stereocenters. The quantitative estimate of drug-likeness (QED) is 0.380. The minimum Gasteiger partial charge on any atom is -0.497 e. The van der Waals surface area contributed by atoms with Crippen LogP contribution >= 0.6 is 24.0 Å². The monoisotopic (exact) mass is 458 g/mol. The van der Waals surface area contributed by atoms with Gasteiger partial charge in [-0.3, -0.25) is 4.99 Å². The second-order valence-corrected chi connectivity index (χ2v) is 5.48. The predicted octanol–water partition coefficient (Wildman–Crippen LogP) is 3.31. The van der Waals surface area contributed by atoms with Crippen molar-refractivity contribution in [1.29, 1.82) is 0 Å². The Labute approximate surface area is 165 Å². The molecule has 0 aromatic heterocycles. The molecule has 2 rings (SSSR count). The number of anilines is 1. The van der Waals surface area contributed by atoms with Crippen molar-refractivity contribution in [3.05, 3.63) is 59.9 Å². The van der Waals surface area contributed by atoms with Crippen LogP contribution in [-0.4, -0.2) is 38.1 Å². The Morgan fingerprint density at radius 3 is 2.40 bits per heavy atom. The Balaban J connectivity index is 0.00000312. The number of methoxy groups -OCH3 is 1. The summed E-state index contributed by atoms with van der Waals surface area (Å²) in [6.45, 7) is 2.07. The third kappa shape index (κ3) is 7.70. The van der Waals surface area contributed by atoms with Crippen LogP contribution < -0.4 is 15.8 Å². The highest BCUT2D eigenvalue weighted by Gasteiger charge is 2.01. The van der Waals surface area contributed by atoms with Crippen molar-refractivity contribution in [3.63, 3.8) is 0 Å². The SMILES string of the molecule is COc1ccc(NC(N)=NCCN(C)Cc2ccc(F)cc2)cc1.I. The molecule has 2 aromatic rings. The normalized spacial score (nSPS) is 11.1. The molecule has 0 unspecified atom stereocenters. The summed E-state index contributed by atoms with van der Waals surface area (Å²) in [4.78, 5) is 6.42. The van der Waals surface area contributed by atoms with Crippen molar-refractivity contribution in [3.8, 4) is 5.75 Å². The van der Waals surface area contributed by atoms with E-state index in [0.717, 1.165) is 30.1 Å². The molecule has 0 aliphatic heterocycles. The van der Waals surface area contributed by atoms with E-state index in [1.165, 1.54) is 12.1 Å². The zero-order valence-electron chi connectivity index (χ0n) is 14.4. The van der Waals surface area contributed by atoms with E-state index in [-0.39, 0.29) is 29.8 Å². The summed E-state index contributed by atoms with van der Waals surface area (Å²) in [7, 11) is 3.62. The third-order valence-electron chi connectivity index (χ3n) is 3.49. The molecule has 0 heterocycles. The molecule has 2 aromatic carbocycles. The Bertz CT molecular complexity index is 662. The Kier molecular flexibility index (Phi) is 9.22. The van der Waals surface area contributed by atoms with Gasteiger partial charge in [-0.25, -0.2) is 4.39 Å². The first kappa shape index (κ1) is 21.2. The van der Waals surface area contributed by atoms with Crippen LogP contribution in [0.25, 0.3) is 0 Å². The Hall–Kier alpha value is -1.87. The van der Waals surface area contributed by atoms with Gasteiger partial charge in [0.2, 0.25) is 0 Å². The number of ether oxygens (including phenoxy) is 1.